The van der Waals surface area contributed by atoms with Crippen molar-refractivity contribution in [3.63, 3.8) is 0 Å². The second-order valence-corrected chi connectivity index (χ2v) is 10.00. The molecule has 1 aliphatic rings. The number of rotatable bonds is 9. The number of carbonyl (C=O) groups is 2. The molecule has 1 heterocycles. The maximum Gasteiger partial charge on any atom is 0.255 e. The highest BCUT2D eigenvalue weighted by Crippen LogP contribution is 2.29. The number of hydrogen-bond donors (Lipinski definition) is 1. The Hall–Kier alpha value is -4.02. The first-order chi connectivity index (χ1) is 18.7. The number of benzene rings is 4. The van der Waals surface area contributed by atoms with Gasteiger partial charge in [-0.2, -0.15) is 0 Å². The van der Waals surface area contributed by atoms with Crippen molar-refractivity contribution in [2.24, 2.45) is 0 Å². The van der Waals surface area contributed by atoms with E-state index in [4.69, 9.17) is 0 Å². The first-order valence-electron chi connectivity index (χ1n) is 13.5. The van der Waals surface area contributed by atoms with Crippen molar-refractivity contribution in [1.29, 1.82) is 0 Å². The van der Waals surface area contributed by atoms with Crippen LogP contribution in [-0.2, 0) is 0 Å². The van der Waals surface area contributed by atoms with E-state index in [1.807, 2.05) is 54.6 Å². The Morgan fingerprint density at radius 1 is 0.711 bits per heavy atom. The number of para-hydroxylation sites is 1. The fourth-order valence-corrected chi connectivity index (χ4v) is 5.29. The quantitative estimate of drug-likeness (QED) is 0.242. The highest BCUT2D eigenvalue weighted by Gasteiger charge is 2.20. The zero-order valence-corrected chi connectivity index (χ0v) is 21.7. The summed E-state index contributed by atoms with van der Waals surface area (Å²) >= 11 is 0. The van der Waals surface area contributed by atoms with Gasteiger partial charge in [0, 0.05) is 28.8 Å². The minimum absolute atomic E-state index is 0.130. The van der Waals surface area contributed by atoms with Crippen LogP contribution in [0.1, 0.15) is 57.9 Å². The summed E-state index contributed by atoms with van der Waals surface area (Å²) in [6, 6.07) is 35.6. The number of nitrogens with zero attached hydrogens (tertiary/aromatic N) is 1. The highest BCUT2D eigenvalue weighted by atomic mass is 16.1. The third-order valence-corrected chi connectivity index (χ3v) is 7.47. The Balaban J connectivity index is 1.10. The molecule has 0 spiro atoms. The van der Waals surface area contributed by atoms with Gasteiger partial charge in [-0.1, -0.05) is 91.0 Å². The van der Waals surface area contributed by atoms with Gasteiger partial charge in [-0.15, -0.1) is 0 Å². The van der Waals surface area contributed by atoms with Crippen molar-refractivity contribution in [1.82, 2.24) is 4.90 Å². The molecule has 1 N–H and O–H groups in total. The number of hydrogen-bond acceptors (Lipinski definition) is 3. The van der Waals surface area contributed by atoms with Gasteiger partial charge in [0.2, 0.25) is 0 Å². The van der Waals surface area contributed by atoms with Gasteiger partial charge in [0.25, 0.3) is 5.91 Å². The van der Waals surface area contributed by atoms with Gasteiger partial charge >= 0.3 is 0 Å². The predicted molar refractivity (Wildman–Crippen MR) is 155 cm³/mol. The van der Waals surface area contributed by atoms with Crippen LogP contribution >= 0.6 is 0 Å². The fourth-order valence-electron chi connectivity index (χ4n) is 5.29. The average molecular weight is 503 g/mol. The SMILES string of the molecule is O=C(CCCN1CCC(c2ccccc2)CC1)c1ccc(C(=O)Nc2ccccc2-c2ccccc2)cc1. The number of amides is 1. The van der Waals surface area contributed by atoms with Gasteiger partial charge in [0.1, 0.15) is 0 Å². The molecule has 4 aromatic carbocycles. The number of Topliss-reactive ketones (excluding diaryl/α,β-unsaturated/α-hetero) is 1. The molecule has 1 fully saturated rings. The highest BCUT2D eigenvalue weighted by molar-refractivity contribution is 6.07. The third kappa shape index (κ3) is 6.45. The summed E-state index contributed by atoms with van der Waals surface area (Å²) in [5.74, 6) is 0.591. The van der Waals surface area contributed by atoms with Gasteiger partial charge in [0.05, 0.1) is 0 Å². The molecule has 192 valence electrons. The first-order valence-corrected chi connectivity index (χ1v) is 13.5. The van der Waals surface area contributed by atoms with Crippen molar-refractivity contribution >= 4 is 17.4 Å². The van der Waals surface area contributed by atoms with Crippen molar-refractivity contribution in [3.05, 3.63) is 126 Å². The molecule has 0 atom stereocenters. The number of ketones is 1. The predicted octanol–water partition coefficient (Wildman–Crippen LogP) is 7.45. The Labute approximate surface area is 225 Å². The zero-order chi connectivity index (χ0) is 26.2. The smallest absolute Gasteiger partial charge is 0.255 e. The zero-order valence-electron chi connectivity index (χ0n) is 21.7. The minimum Gasteiger partial charge on any atom is -0.321 e. The summed E-state index contributed by atoms with van der Waals surface area (Å²) in [6.07, 6.45) is 3.73. The van der Waals surface area contributed by atoms with Gasteiger partial charge in [-0.25, -0.2) is 0 Å². The van der Waals surface area contributed by atoms with Crippen molar-refractivity contribution in [3.8, 4) is 11.1 Å². The third-order valence-electron chi connectivity index (χ3n) is 7.47. The van der Waals surface area contributed by atoms with Crippen LogP contribution in [0.15, 0.2) is 109 Å². The van der Waals surface area contributed by atoms with Crippen LogP contribution in [0.2, 0.25) is 0 Å². The van der Waals surface area contributed by atoms with Crippen LogP contribution in [0.3, 0.4) is 0 Å². The van der Waals surface area contributed by atoms with Crippen molar-refractivity contribution in [2.45, 2.75) is 31.6 Å². The van der Waals surface area contributed by atoms with E-state index >= 15 is 0 Å². The molecule has 0 aromatic heterocycles. The van der Waals surface area contributed by atoms with E-state index in [9.17, 15) is 9.59 Å². The van der Waals surface area contributed by atoms with E-state index in [0.717, 1.165) is 42.9 Å². The number of likely N-dealkylation sites (tertiary alicyclic amines) is 1. The van der Waals surface area contributed by atoms with Gasteiger partial charge in [-0.3, -0.25) is 9.59 Å². The summed E-state index contributed by atoms with van der Waals surface area (Å²) in [5.41, 5.74) is 5.42. The summed E-state index contributed by atoms with van der Waals surface area (Å²) < 4.78 is 0. The number of carbonyl (C=O) groups excluding carboxylic acids is 2. The fraction of sp³-hybridized carbons (Fsp3) is 0.235. The number of nitrogens with one attached hydrogen (secondary N) is 1. The summed E-state index contributed by atoms with van der Waals surface area (Å²) in [6.45, 7) is 3.13. The number of anilines is 1. The van der Waals surface area contributed by atoms with Gasteiger partial charge in [-0.05, 0) is 74.1 Å². The second-order valence-electron chi connectivity index (χ2n) is 10.00. The lowest BCUT2D eigenvalue weighted by Gasteiger charge is -2.32. The maximum absolute atomic E-state index is 12.9. The molecule has 38 heavy (non-hydrogen) atoms. The van der Waals surface area contributed by atoms with E-state index < -0.39 is 0 Å². The van der Waals surface area contributed by atoms with E-state index in [1.54, 1.807) is 24.3 Å². The molecule has 4 heteroatoms. The van der Waals surface area contributed by atoms with Crippen LogP contribution in [0.4, 0.5) is 5.69 Å². The molecule has 0 unspecified atom stereocenters. The molecule has 4 aromatic rings. The minimum atomic E-state index is -0.189. The van der Waals surface area contributed by atoms with Gasteiger partial charge in [0.15, 0.2) is 5.78 Å². The molecular formula is C34H34N2O2. The van der Waals surface area contributed by atoms with E-state index in [1.165, 1.54) is 18.4 Å². The Kier molecular flexibility index (Phi) is 8.42. The monoisotopic (exact) mass is 502 g/mol. The Bertz CT molecular complexity index is 1340. The van der Waals surface area contributed by atoms with Crippen LogP contribution in [0, 0.1) is 0 Å². The summed E-state index contributed by atoms with van der Waals surface area (Å²) in [4.78, 5) is 28.2. The van der Waals surface area contributed by atoms with Crippen LogP contribution in [0.25, 0.3) is 11.1 Å². The molecule has 0 bridgehead atoms. The van der Waals surface area contributed by atoms with Crippen molar-refractivity contribution < 1.29 is 9.59 Å². The molecular weight excluding hydrogens is 468 g/mol. The molecule has 0 radical (unpaired) electrons. The van der Waals surface area contributed by atoms with Crippen LogP contribution in [-0.4, -0.2) is 36.2 Å². The first kappa shape index (κ1) is 25.6. The average Bonchev–Trinajstić information content (AvgIpc) is 2.99. The lowest BCUT2D eigenvalue weighted by atomic mass is 9.89. The van der Waals surface area contributed by atoms with Crippen molar-refractivity contribution in [2.75, 3.05) is 25.0 Å². The molecule has 1 aliphatic heterocycles. The Morgan fingerprint density at radius 2 is 1.32 bits per heavy atom. The summed E-state index contributed by atoms with van der Waals surface area (Å²) in [7, 11) is 0. The molecule has 1 saturated heterocycles. The molecule has 0 aliphatic carbocycles. The second kappa shape index (κ2) is 12.5. The van der Waals surface area contributed by atoms with E-state index in [0.29, 0.717) is 23.5 Å². The lowest BCUT2D eigenvalue weighted by molar-refractivity contribution is 0.0969. The normalized spacial score (nSPS) is 14.2. The maximum atomic E-state index is 12.9. The standard InChI is InChI=1S/C34H34N2O2/c37-33(16-9-23-36-24-21-27(22-25-36)26-10-3-1-4-11-26)29-17-19-30(20-18-29)34(38)35-32-15-8-7-14-31(32)28-12-5-2-6-13-28/h1-8,10-15,17-20,27H,9,16,21-25H2,(H,35,38). The molecule has 1 amide bonds. The molecule has 0 saturated carbocycles. The van der Waals surface area contributed by atoms with Crippen LogP contribution in [0.5, 0.6) is 0 Å². The van der Waals surface area contributed by atoms with E-state index in [-0.39, 0.29) is 11.7 Å². The van der Waals surface area contributed by atoms with Crippen LogP contribution < -0.4 is 5.32 Å². The summed E-state index contributed by atoms with van der Waals surface area (Å²) in [5, 5.41) is 3.03. The molecule has 5 rings (SSSR count). The topological polar surface area (TPSA) is 49.4 Å². The van der Waals surface area contributed by atoms with E-state index in [2.05, 4.69) is 40.5 Å². The Morgan fingerprint density at radius 3 is 2.03 bits per heavy atom. The lowest BCUT2D eigenvalue weighted by Crippen LogP contribution is -2.33. The number of piperidine rings is 1. The molecule has 4 nitrogen and oxygen atoms in total. The largest absolute Gasteiger partial charge is 0.321 e. The van der Waals surface area contributed by atoms with Gasteiger partial charge < -0.3 is 10.2 Å².